The van der Waals surface area contributed by atoms with Gasteiger partial charge in [-0.1, -0.05) is 88.1 Å². The van der Waals surface area contributed by atoms with Gasteiger partial charge in [0, 0.05) is 0 Å². The molecular formula is C26H30. The lowest BCUT2D eigenvalue weighted by molar-refractivity contribution is 0.718. The SMILES string of the molecule is CCCCCc1cc2ccc3cc(CCCCC)cc4ccc(c1)c2c34. The highest BCUT2D eigenvalue weighted by Gasteiger charge is 2.10. The molecule has 0 aliphatic heterocycles. The fraction of sp³-hybridized carbons (Fsp3) is 0.385. The van der Waals surface area contributed by atoms with Crippen LogP contribution < -0.4 is 0 Å². The summed E-state index contributed by atoms with van der Waals surface area (Å²) in [5.41, 5.74) is 2.98. The molecule has 0 heterocycles. The van der Waals surface area contributed by atoms with E-state index in [1.165, 1.54) is 94.8 Å². The molecule has 0 N–H and O–H groups in total. The number of rotatable bonds is 8. The van der Waals surface area contributed by atoms with Gasteiger partial charge in [-0.15, -0.1) is 0 Å². The van der Waals surface area contributed by atoms with E-state index in [-0.39, 0.29) is 0 Å². The molecule has 4 rings (SSSR count). The molecule has 0 fully saturated rings. The van der Waals surface area contributed by atoms with Crippen molar-refractivity contribution in [2.24, 2.45) is 0 Å². The predicted molar refractivity (Wildman–Crippen MR) is 117 cm³/mol. The average molecular weight is 343 g/mol. The Hall–Kier alpha value is -2.08. The Kier molecular flexibility index (Phi) is 5.11. The van der Waals surface area contributed by atoms with Crippen molar-refractivity contribution >= 4 is 32.3 Å². The summed E-state index contributed by atoms with van der Waals surface area (Å²) in [5.74, 6) is 0. The first-order valence-corrected chi connectivity index (χ1v) is 10.5. The van der Waals surface area contributed by atoms with Crippen molar-refractivity contribution in [2.75, 3.05) is 0 Å². The standard InChI is InChI=1S/C26H30/c1-3-5-7-9-19-15-21-11-13-23-17-20(10-8-6-4-2)18-24-14-12-22(16-19)25(21)26(23)24/h11-18H,3-10H2,1-2H3. The topological polar surface area (TPSA) is 0 Å². The van der Waals surface area contributed by atoms with Crippen molar-refractivity contribution in [3.8, 4) is 0 Å². The minimum atomic E-state index is 1.20. The molecule has 0 unspecified atom stereocenters. The average Bonchev–Trinajstić information content (AvgIpc) is 2.66. The summed E-state index contributed by atoms with van der Waals surface area (Å²) in [4.78, 5) is 0. The summed E-state index contributed by atoms with van der Waals surface area (Å²) < 4.78 is 0. The van der Waals surface area contributed by atoms with Gasteiger partial charge in [0.1, 0.15) is 0 Å². The van der Waals surface area contributed by atoms with E-state index in [9.17, 15) is 0 Å². The molecule has 0 radical (unpaired) electrons. The molecule has 0 saturated heterocycles. The molecule has 4 aromatic rings. The van der Waals surface area contributed by atoms with Crippen LogP contribution in [0, 0.1) is 0 Å². The summed E-state index contributed by atoms with van der Waals surface area (Å²) in [6, 6.07) is 19.0. The van der Waals surface area contributed by atoms with E-state index >= 15 is 0 Å². The lowest BCUT2D eigenvalue weighted by atomic mass is 9.90. The Balaban J connectivity index is 1.78. The third-order valence-electron chi connectivity index (χ3n) is 5.79. The number of hydrogen-bond donors (Lipinski definition) is 0. The van der Waals surface area contributed by atoms with Crippen molar-refractivity contribution in [2.45, 2.75) is 65.2 Å². The van der Waals surface area contributed by atoms with E-state index in [2.05, 4.69) is 62.4 Å². The van der Waals surface area contributed by atoms with Gasteiger partial charge in [-0.2, -0.15) is 0 Å². The molecule has 0 nitrogen and oxygen atoms in total. The van der Waals surface area contributed by atoms with Crippen molar-refractivity contribution in [1.29, 1.82) is 0 Å². The van der Waals surface area contributed by atoms with Crippen LogP contribution >= 0.6 is 0 Å². The maximum Gasteiger partial charge on any atom is -0.00266 e. The van der Waals surface area contributed by atoms with Crippen LogP contribution in [0.25, 0.3) is 32.3 Å². The number of hydrogen-bond acceptors (Lipinski definition) is 0. The molecule has 0 amide bonds. The normalized spacial score (nSPS) is 11.9. The third kappa shape index (κ3) is 3.30. The first-order valence-electron chi connectivity index (χ1n) is 10.5. The van der Waals surface area contributed by atoms with E-state index in [0.717, 1.165) is 0 Å². The molecular weight excluding hydrogens is 312 g/mol. The summed E-state index contributed by atoms with van der Waals surface area (Å²) in [5, 5.41) is 8.55. The Bertz CT molecular complexity index is 859. The van der Waals surface area contributed by atoms with Crippen molar-refractivity contribution in [3.05, 3.63) is 59.7 Å². The monoisotopic (exact) mass is 342 g/mol. The predicted octanol–water partition coefficient (Wildman–Crippen LogP) is 8.05. The van der Waals surface area contributed by atoms with Gasteiger partial charge in [0.2, 0.25) is 0 Å². The summed E-state index contributed by atoms with van der Waals surface area (Å²) in [6.07, 6.45) is 10.2. The van der Waals surface area contributed by atoms with E-state index in [1.807, 2.05) is 0 Å². The third-order valence-corrected chi connectivity index (χ3v) is 5.79. The molecule has 0 saturated carbocycles. The van der Waals surface area contributed by atoms with E-state index in [4.69, 9.17) is 0 Å². The second-order valence-electron chi connectivity index (χ2n) is 7.88. The number of unbranched alkanes of at least 4 members (excludes halogenated alkanes) is 4. The highest BCUT2D eigenvalue weighted by atomic mass is 14.1. The van der Waals surface area contributed by atoms with Gasteiger partial charge < -0.3 is 0 Å². The Morgan fingerprint density at radius 2 is 0.846 bits per heavy atom. The first kappa shape index (κ1) is 17.3. The van der Waals surface area contributed by atoms with Crippen LogP contribution in [-0.4, -0.2) is 0 Å². The van der Waals surface area contributed by atoms with Crippen LogP contribution in [0.1, 0.15) is 63.5 Å². The van der Waals surface area contributed by atoms with Crippen LogP contribution in [-0.2, 0) is 12.8 Å². The van der Waals surface area contributed by atoms with Gasteiger partial charge in [0.05, 0.1) is 0 Å². The molecule has 134 valence electrons. The molecule has 0 aromatic heterocycles. The summed E-state index contributed by atoms with van der Waals surface area (Å²) in [7, 11) is 0. The second kappa shape index (κ2) is 7.66. The zero-order valence-electron chi connectivity index (χ0n) is 16.3. The molecule has 0 spiro atoms. The zero-order chi connectivity index (χ0) is 17.9. The van der Waals surface area contributed by atoms with Gasteiger partial charge >= 0.3 is 0 Å². The lowest BCUT2D eigenvalue weighted by Gasteiger charge is -2.14. The molecule has 0 aliphatic rings. The summed E-state index contributed by atoms with van der Waals surface area (Å²) in [6.45, 7) is 4.55. The Morgan fingerprint density at radius 1 is 0.500 bits per heavy atom. The quantitative estimate of drug-likeness (QED) is 0.224. The van der Waals surface area contributed by atoms with Crippen LogP contribution in [0.5, 0.6) is 0 Å². The second-order valence-corrected chi connectivity index (χ2v) is 7.88. The van der Waals surface area contributed by atoms with Crippen molar-refractivity contribution < 1.29 is 0 Å². The van der Waals surface area contributed by atoms with E-state index in [0.29, 0.717) is 0 Å². The highest BCUT2D eigenvalue weighted by Crippen LogP contribution is 2.36. The largest absolute Gasteiger partial charge is 0.0654 e. The van der Waals surface area contributed by atoms with Gasteiger partial charge in [-0.05, 0) is 69.1 Å². The van der Waals surface area contributed by atoms with E-state index in [1.54, 1.807) is 0 Å². The Morgan fingerprint density at radius 3 is 1.15 bits per heavy atom. The molecule has 0 bridgehead atoms. The molecule has 4 aromatic carbocycles. The molecule has 0 atom stereocenters. The fourth-order valence-electron chi connectivity index (χ4n) is 4.41. The van der Waals surface area contributed by atoms with Gasteiger partial charge in [-0.3, -0.25) is 0 Å². The lowest BCUT2D eigenvalue weighted by Crippen LogP contribution is -1.91. The van der Waals surface area contributed by atoms with Crippen LogP contribution in [0.4, 0.5) is 0 Å². The fourth-order valence-corrected chi connectivity index (χ4v) is 4.41. The number of benzene rings is 4. The Labute approximate surface area is 157 Å². The molecule has 0 heteroatoms. The van der Waals surface area contributed by atoms with Gasteiger partial charge in [0.15, 0.2) is 0 Å². The number of aryl methyl sites for hydroxylation is 2. The summed E-state index contributed by atoms with van der Waals surface area (Å²) >= 11 is 0. The van der Waals surface area contributed by atoms with Gasteiger partial charge in [0.25, 0.3) is 0 Å². The highest BCUT2D eigenvalue weighted by molar-refractivity contribution is 6.23. The van der Waals surface area contributed by atoms with E-state index < -0.39 is 0 Å². The van der Waals surface area contributed by atoms with Crippen LogP contribution in [0.2, 0.25) is 0 Å². The van der Waals surface area contributed by atoms with Crippen LogP contribution in [0.15, 0.2) is 48.5 Å². The maximum atomic E-state index is 2.42. The smallest absolute Gasteiger partial charge is 0.00266 e. The van der Waals surface area contributed by atoms with Gasteiger partial charge in [-0.25, -0.2) is 0 Å². The van der Waals surface area contributed by atoms with Crippen molar-refractivity contribution in [1.82, 2.24) is 0 Å². The van der Waals surface area contributed by atoms with Crippen LogP contribution in [0.3, 0.4) is 0 Å². The minimum absolute atomic E-state index is 1.20. The maximum absolute atomic E-state index is 2.42. The zero-order valence-corrected chi connectivity index (χ0v) is 16.3. The minimum Gasteiger partial charge on any atom is -0.0654 e. The first-order chi connectivity index (χ1) is 12.8. The molecule has 0 aliphatic carbocycles. The molecule has 26 heavy (non-hydrogen) atoms. The van der Waals surface area contributed by atoms with Crippen molar-refractivity contribution in [3.63, 3.8) is 0 Å².